The molecule has 88 valence electrons. The molecule has 0 bridgehead atoms. The summed E-state index contributed by atoms with van der Waals surface area (Å²) in [6.45, 7) is 6.46. The number of morpholine rings is 1. The highest BCUT2D eigenvalue weighted by molar-refractivity contribution is 4.83. The molecule has 1 aliphatic carbocycles. The molecule has 0 aromatic carbocycles. The van der Waals surface area contributed by atoms with Gasteiger partial charge in [-0.2, -0.15) is 0 Å². The van der Waals surface area contributed by atoms with Crippen molar-refractivity contribution in [2.45, 2.75) is 44.7 Å². The lowest BCUT2D eigenvalue weighted by molar-refractivity contribution is -0.0150. The highest BCUT2D eigenvalue weighted by Crippen LogP contribution is 2.26. The molecule has 15 heavy (non-hydrogen) atoms. The van der Waals surface area contributed by atoms with Gasteiger partial charge in [-0.15, -0.1) is 0 Å². The largest absolute Gasteiger partial charge is 0.378 e. The van der Waals surface area contributed by atoms with Crippen LogP contribution < -0.4 is 5.73 Å². The van der Waals surface area contributed by atoms with Crippen molar-refractivity contribution in [3.8, 4) is 0 Å². The quantitative estimate of drug-likeness (QED) is 0.764. The van der Waals surface area contributed by atoms with Crippen LogP contribution in [0.15, 0.2) is 0 Å². The van der Waals surface area contributed by atoms with E-state index in [1.165, 1.54) is 32.2 Å². The van der Waals surface area contributed by atoms with Crippen molar-refractivity contribution in [1.82, 2.24) is 4.90 Å². The van der Waals surface area contributed by atoms with Crippen molar-refractivity contribution in [3.63, 3.8) is 0 Å². The van der Waals surface area contributed by atoms with Gasteiger partial charge in [-0.05, 0) is 31.6 Å². The van der Waals surface area contributed by atoms with Gasteiger partial charge in [0.05, 0.1) is 13.2 Å². The van der Waals surface area contributed by atoms with Gasteiger partial charge in [0.2, 0.25) is 0 Å². The lowest BCUT2D eigenvalue weighted by Gasteiger charge is -2.36. The van der Waals surface area contributed by atoms with Gasteiger partial charge in [-0.3, -0.25) is 4.90 Å². The Morgan fingerprint density at radius 2 is 2.27 bits per heavy atom. The first kappa shape index (κ1) is 11.4. The van der Waals surface area contributed by atoms with E-state index in [2.05, 4.69) is 11.8 Å². The lowest BCUT2D eigenvalue weighted by Crippen LogP contribution is -2.46. The fraction of sp³-hybridized carbons (Fsp3) is 1.00. The zero-order valence-corrected chi connectivity index (χ0v) is 9.82. The van der Waals surface area contributed by atoms with Gasteiger partial charge in [0.15, 0.2) is 0 Å². The van der Waals surface area contributed by atoms with E-state index in [0.717, 1.165) is 25.7 Å². The lowest BCUT2D eigenvalue weighted by atomic mass is 10.0. The normalized spacial score (nSPS) is 38.4. The molecule has 2 fully saturated rings. The first-order valence-electron chi connectivity index (χ1n) is 6.37. The molecule has 3 atom stereocenters. The van der Waals surface area contributed by atoms with Crippen LogP contribution in [0.3, 0.4) is 0 Å². The first-order valence-corrected chi connectivity index (χ1v) is 6.37. The Hall–Kier alpha value is -0.120. The number of nitrogens with zero attached hydrogens (tertiary/aromatic N) is 1. The minimum Gasteiger partial charge on any atom is -0.378 e. The molecule has 3 unspecified atom stereocenters. The summed E-state index contributed by atoms with van der Waals surface area (Å²) >= 11 is 0. The average Bonchev–Trinajstić information content (AvgIpc) is 2.65. The van der Waals surface area contributed by atoms with Crippen molar-refractivity contribution in [2.24, 2.45) is 11.7 Å². The summed E-state index contributed by atoms with van der Waals surface area (Å²) in [5, 5.41) is 0. The number of nitrogens with two attached hydrogens (primary N) is 1. The van der Waals surface area contributed by atoms with Crippen LogP contribution >= 0.6 is 0 Å². The molecule has 0 radical (unpaired) electrons. The fourth-order valence-electron chi connectivity index (χ4n) is 2.92. The molecule has 3 nitrogen and oxygen atoms in total. The second-order valence-corrected chi connectivity index (χ2v) is 5.07. The minimum atomic E-state index is 0.469. The molecule has 1 aliphatic heterocycles. The molecule has 1 saturated heterocycles. The van der Waals surface area contributed by atoms with Crippen LogP contribution in [0.2, 0.25) is 0 Å². The Morgan fingerprint density at radius 1 is 1.40 bits per heavy atom. The van der Waals surface area contributed by atoms with Crippen LogP contribution in [-0.4, -0.2) is 43.3 Å². The van der Waals surface area contributed by atoms with Crippen molar-refractivity contribution < 1.29 is 4.74 Å². The van der Waals surface area contributed by atoms with E-state index < -0.39 is 0 Å². The third-order valence-corrected chi connectivity index (χ3v) is 3.90. The minimum absolute atomic E-state index is 0.469. The zero-order valence-electron chi connectivity index (χ0n) is 9.82. The highest BCUT2D eigenvalue weighted by atomic mass is 16.5. The van der Waals surface area contributed by atoms with Crippen molar-refractivity contribution >= 4 is 0 Å². The molecule has 0 amide bonds. The Kier molecular flexibility index (Phi) is 4.00. The molecular formula is C12H24N2O. The van der Waals surface area contributed by atoms with E-state index in [1.54, 1.807) is 0 Å². The maximum Gasteiger partial charge on any atom is 0.0622 e. The van der Waals surface area contributed by atoms with E-state index in [9.17, 15) is 0 Å². The molecule has 1 saturated carbocycles. The Bertz CT molecular complexity index is 198. The van der Waals surface area contributed by atoms with Crippen LogP contribution in [0.1, 0.15) is 32.6 Å². The summed E-state index contributed by atoms with van der Waals surface area (Å²) in [6, 6.07) is 1.12. The van der Waals surface area contributed by atoms with E-state index >= 15 is 0 Å². The maximum atomic E-state index is 5.95. The van der Waals surface area contributed by atoms with Crippen molar-refractivity contribution in [2.75, 3.05) is 26.3 Å². The van der Waals surface area contributed by atoms with E-state index in [0.29, 0.717) is 12.1 Å². The standard InChI is InChI=1S/C12H24N2O/c1-2-12-9-15-6-5-14(12)8-10-3-4-11(13)7-10/h10-12H,2-9,13H2,1H3. The van der Waals surface area contributed by atoms with Gasteiger partial charge in [-0.25, -0.2) is 0 Å². The molecule has 0 spiro atoms. The number of ether oxygens (including phenoxy) is 1. The van der Waals surface area contributed by atoms with Crippen LogP contribution in [0.5, 0.6) is 0 Å². The molecule has 3 heteroatoms. The van der Waals surface area contributed by atoms with Crippen LogP contribution in [0, 0.1) is 5.92 Å². The third-order valence-electron chi connectivity index (χ3n) is 3.90. The summed E-state index contributed by atoms with van der Waals surface area (Å²) in [5.74, 6) is 0.840. The average molecular weight is 212 g/mol. The van der Waals surface area contributed by atoms with Gasteiger partial charge >= 0.3 is 0 Å². The SMILES string of the molecule is CCC1COCCN1CC1CCC(N)C1. The number of hydrogen-bond acceptors (Lipinski definition) is 3. The molecule has 1 heterocycles. The summed E-state index contributed by atoms with van der Waals surface area (Å²) in [6.07, 6.45) is 4.99. The smallest absolute Gasteiger partial charge is 0.0622 e. The van der Waals surface area contributed by atoms with Crippen LogP contribution in [-0.2, 0) is 4.74 Å². The molecule has 0 aromatic heterocycles. The van der Waals surface area contributed by atoms with E-state index in [1.807, 2.05) is 0 Å². The van der Waals surface area contributed by atoms with Gasteiger partial charge in [0, 0.05) is 25.2 Å². The molecule has 2 rings (SSSR count). The van der Waals surface area contributed by atoms with E-state index in [-0.39, 0.29) is 0 Å². The summed E-state index contributed by atoms with van der Waals surface area (Å²) < 4.78 is 5.52. The monoisotopic (exact) mass is 212 g/mol. The highest BCUT2D eigenvalue weighted by Gasteiger charge is 2.28. The van der Waals surface area contributed by atoms with Gasteiger partial charge < -0.3 is 10.5 Å². The topological polar surface area (TPSA) is 38.5 Å². The second-order valence-electron chi connectivity index (χ2n) is 5.07. The van der Waals surface area contributed by atoms with Crippen LogP contribution in [0.25, 0.3) is 0 Å². The molecule has 2 aliphatic rings. The number of rotatable bonds is 3. The first-order chi connectivity index (χ1) is 7.29. The molecular weight excluding hydrogens is 188 g/mol. The van der Waals surface area contributed by atoms with E-state index in [4.69, 9.17) is 10.5 Å². The Balaban J connectivity index is 1.81. The van der Waals surface area contributed by atoms with Crippen LogP contribution in [0.4, 0.5) is 0 Å². The predicted octanol–water partition coefficient (Wildman–Crippen LogP) is 1.22. The van der Waals surface area contributed by atoms with Gasteiger partial charge in [-0.1, -0.05) is 6.92 Å². The summed E-state index contributed by atoms with van der Waals surface area (Å²) in [5.41, 5.74) is 5.95. The van der Waals surface area contributed by atoms with Gasteiger partial charge in [0.25, 0.3) is 0 Å². The van der Waals surface area contributed by atoms with Gasteiger partial charge in [0.1, 0.15) is 0 Å². The Morgan fingerprint density at radius 3 is 2.93 bits per heavy atom. The zero-order chi connectivity index (χ0) is 10.7. The summed E-state index contributed by atoms with van der Waals surface area (Å²) in [4.78, 5) is 2.62. The molecule has 0 aromatic rings. The maximum absolute atomic E-state index is 5.95. The predicted molar refractivity (Wildman–Crippen MR) is 61.8 cm³/mol. The van der Waals surface area contributed by atoms with Crippen molar-refractivity contribution in [1.29, 1.82) is 0 Å². The second kappa shape index (κ2) is 5.28. The summed E-state index contributed by atoms with van der Waals surface area (Å²) in [7, 11) is 0. The third kappa shape index (κ3) is 2.92. The number of hydrogen-bond donors (Lipinski definition) is 1. The fourth-order valence-corrected chi connectivity index (χ4v) is 2.92. The Labute approximate surface area is 93.0 Å². The molecule has 2 N–H and O–H groups in total. The van der Waals surface area contributed by atoms with Crippen molar-refractivity contribution in [3.05, 3.63) is 0 Å².